The predicted octanol–water partition coefficient (Wildman–Crippen LogP) is 5.04. The Hall–Kier alpha value is -3.07. The molecule has 1 aliphatic carbocycles. The Morgan fingerprint density at radius 1 is 0.962 bits per heavy atom. The fourth-order valence-electron chi connectivity index (χ4n) is 3.72. The molecule has 0 amide bonds. The lowest BCUT2D eigenvalue weighted by molar-refractivity contribution is 0.0694. The minimum absolute atomic E-state index is 0.244. The van der Waals surface area contributed by atoms with Crippen LogP contribution in [-0.4, -0.2) is 11.1 Å². The molecule has 1 unspecified atom stereocenters. The number of hydrogen-bond acceptors (Lipinski definition) is 2. The van der Waals surface area contributed by atoms with Crippen molar-refractivity contribution in [2.45, 2.75) is 25.4 Å². The van der Waals surface area contributed by atoms with E-state index in [9.17, 15) is 9.90 Å². The van der Waals surface area contributed by atoms with E-state index in [1.807, 2.05) is 18.2 Å². The summed E-state index contributed by atoms with van der Waals surface area (Å²) in [4.78, 5) is 11.3. The molecule has 1 aliphatic rings. The molecule has 0 fully saturated rings. The minimum atomic E-state index is -0.931. The third kappa shape index (κ3) is 3.21. The van der Waals surface area contributed by atoms with E-state index < -0.39 is 5.97 Å². The monoisotopic (exact) mass is 344 g/mol. The zero-order chi connectivity index (χ0) is 17.9. The maximum Gasteiger partial charge on any atom is 0.336 e. The van der Waals surface area contributed by atoms with Gasteiger partial charge in [0.1, 0.15) is 12.4 Å². The number of carboxylic acid groups (broad SMARTS) is 1. The van der Waals surface area contributed by atoms with Gasteiger partial charge in [-0.3, -0.25) is 0 Å². The lowest BCUT2D eigenvalue weighted by Crippen LogP contribution is -2.05. The highest BCUT2D eigenvalue weighted by atomic mass is 16.5. The molecule has 1 atom stereocenters. The Morgan fingerprint density at radius 3 is 2.50 bits per heavy atom. The topological polar surface area (TPSA) is 46.5 Å². The Labute approximate surface area is 152 Å². The van der Waals surface area contributed by atoms with Crippen molar-refractivity contribution in [1.82, 2.24) is 0 Å². The summed E-state index contributed by atoms with van der Waals surface area (Å²) in [5.41, 5.74) is 5.13. The highest BCUT2D eigenvalue weighted by Gasteiger charge is 2.23. The normalized spacial score (nSPS) is 15.5. The zero-order valence-electron chi connectivity index (χ0n) is 14.4. The van der Waals surface area contributed by atoms with E-state index in [1.165, 1.54) is 16.7 Å². The Kier molecular flexibility index (Phi) is 4.44. The van der Waals surface area contributed by atoms with Gasteiger partial charge in [0.05, 0.1) is 5.56 Å². The van der Waals surface area contributed by atoms with E-state index in [0.717, 1.165) is 18.6 Å². The number of benzene rings is 3. The van der Waals surface area contributed by atoms with Crippen LogP contribution in [-0.2, 0) is 13.0 Å². The Balaban J connectivity index is 1.47. The number of rotatable bonds is 5. The van der Waals surface area contributed by atoms with Crippen LogP contribution >= 0.6 is 0 Å². The van der Waals surface area contributed by atoms with Gasteiger partial charge in [-0.1, -0.05) is 54.6 Å². The molecular formula is C23H20O3. The molecule has 3 aromatic rings. The number of carboxylic acids is 1. The first-order valence-electron chi connectivity index (χ1n) is 8.84. The van der Waals surface area contributed by atoms with Gasteiger partial charge in [0.25, 0.3) is 0 Å². The molecule has 4 rings (SSSR count). The zero-order valence-corrected chi connectivity index (χ0v) is 14.4. The third-order valence-electron chi connectivity index (χ3n) is 5.06. The van der Waals surface area contributed by atoms with Gasteiger partial charge in [0.2, 0.25) is 0 Å². The number of aryl methyl sites for hydroxylation is 1. The van der Waals surface area contributed by atoms with Crippen molar-refractivity contribution in [2.24, 2.45) is 0 Å². The first-order valence-corrected chi connectivity index (χ1v) is 8.84. The quantitative estimate of drug-likeness (QED) is 0.705. The van der Waals surface area contributed by atoms with E-state index >= 15 is 0 Å². The second kappa shape index (κ2) is 7.04. The van der Waals surface area contributed by atoms with Crippen LogP contribution in [0.2, 0.25) is 0 Å². The summed E-state index contributed by atoms with van der Waals surface area (Å²) in [6.45, 7) is 0.244. The molecule has 0 saturated carbocycles. The second-order valence-corrected chi connectivity index (χ2v) is 6.61. The molecule has 3 heteroatoms. The van der Waals surface area contributed by atoms with Crippen molar-refractivity contribution in [1.29, 1.82) is 0 Å². The molecular weight excluding hydrogens is 324 g/mol. The van der Waals surface area contributed by atoms with Gasteiger partial charge in [-0.25, -0.2) is 4.79 Å². The molecule has 3 aromatic carbocycles. The first-order chi connectivity index (χ1) is 12.7. The fraction of sp³-hybridized carbons (Fsp3) is 0.174. The van der Waals surface area contributed by atoms with Crippen molar-refractivity contribution < 1.29 is 14.6 Å². The molecule has 0 aliphatic heterocycles. The molecule has 0 heterocycles. The summed E-state index contributed by atoms with van der Waals surface area (Å²) in [6.07, 6.45) is 2.27. The van der Waals surface area contributed by atoms with E-state index in [2.05, 4.69) is 36.4 Å². The van der Waals surface area contributed by atoms with Crippen LogP contribution in [0.1, 0.15) is 45.0 Å². The standard InChI is InChI=1S/C23H20O3/c24-23(25)22-8-4-2-6-18(22)15-26-19-12-9-17(10-13-19)21-14-11-16-5-1-3-7-20(16)21/h1-10,12-13,21H,11,14-15H2,(H,24,25). The maximum atomic E-state index is 11.3. The van der Waals surface area contributed by atoms with Crippen LogP contribution < -0.4 is 4.74 Å². The summed E-state index contributed by atoms with van der Waals surface area (Å²) >= 11 is 0. The van der Waals surface area contributed by atoms with E-state index in [-0.39, 0.29) is 12.2 Å². The highest BCUT2D eigenvalue weighted by Crippen LogP contribution is 2.38. The summed E-state index contributed by atoms with van der Waals surface area (Å²) in [5.74, 6) is 0.271. The molecule has 0 aromatic heterocycles. The molecule has 130 valence electrons. The van der Waals surface area contributed by atoms with Crippen LogP contribution in [0.15, 0.2) is 72.8 Å². The van der Waals surface area contributed by atoms with E-state index in [4.69, 9.17) is 4.74 Å². The summed E-state index contributed by atoms with van der Waals surface area (Å²) < 4.78 is 5.81. The van der Waals surface area contributed by atoms with Gasteiger partial charge in [0.15, 0.2) is 0 Å². The van der Waals surface area contributed by atoms with Crippen molar-refractivity contribution in [2.75, 3.05) is 0 Å². The van der Waals surface area contributed by atoms with Crippen molar-refractivity contribution in [3.63, 3.8) is 0 Å². The average molecular weight is 344 g/mol. The minimum Gasteiger partial charge on any atom is -0.489 e. The summed E-state index contributed by atoms with van der Waals surface area (Å²) in [6, 6.07) is 23.8. The lowest BCUT2D eigenvalue weighted by Gasteiger charge is -2.13. The molecule has 3 nitrogen and oxygen atoms in total. The Bertz CT molecular complexity index is 928. The van der Waals surface area contributed by atoms with Gasteiger partial charge in [0, 0.05) is 11.5 Å². The molecule has 0 bridgehead atoms. The van der Waals surface area contributed by atoms with Gasteiger partial charge in [-0.2, -0.15) is 0 Å². The SMILES string of the molecule is O=C(O)c1ccccc1COc1ccc(C2CCc3ccccc32)cc1. The largest absolute Gasteiger partial charge is 0.489 e. The molecule has 0 spiro atoms. The predicted molar refractivity (Wildman–Crippen MR) is 101 cm³/mol. The van der Waals surface area contributed by atoms with Gasteiger partial charge in [-0.05, 0) is 47.7 Å². The van der Waals surface area contributed by atoms with Gasteiger partial charge in [-0.15, -0.1) is 0 Å². The van der Waals surface area contributed by atoms with Crippen LogP contribution in [0.3, 0.4) is 0 Å². The van der Waals surface area contributed by atoms with Crippen LogP contribution in [0.25, 0.3) is 0 Å². The highest BCUT2D eigenvalue weighted by molar-refractivity contribution is 5.89. The fourth-order valence-corrected chi connectivity index (χ4v) is 3.72. The van der Waals surface area contributed by atoms with Crippen molar-refractivity contribution in [3.05, 3.63) is 101 Å². The molecule has 1 N–H and O–H groups in total. The Morgan fingerprint density at radius 2 is 1.69 bits per heavy atom. The summed E-state index contributed by atoms with van der Waals surface area (Å²) in [5, 5.41) is 9.25. The first kappa shape index (κ1) is 16.4. The average Bonchev–Trinajstić information content (AvgIpc) is 3.11. The van der Waals surface area contributed by atoms with Crippen molar-refractivity contribution >= 4 is 5.97 Å². The number of fused-ring (bicyclic) bond motifs is 1. The van der Waals surface area contributed by atoms with Crippen LogP contribution in [0.5, 0.6) is 5.75 Å². The summed E-state index contributed by atoms with van der Waals surface area (Å²) in [7, 11) is 0. The maximum absolute atomic E-state index is 11.3. The van der Waals surface area contributed by atoms with Crippen molar-refractivity contribution in [3.8, 4) is 5.75 Å². The molecule has 26 heavy (non-hydrogen) atoms. The number of ether oxygens (including phenoxy) is 1. The second-order valence-electron chi connectivity index (χ2n) is 6.61. The smallest absolute Gasteiger partial charge is 0.336 e. The van der Waals surface area contributed by atoms with E-state index in [1.54, 1.807) is 18.2 Å². The van der Waals surface area contributed by atoms with E-state index in [0.29, 0.717) is 11.5 Å². The van der Waals surface area contributed by atoms with Gasteiger partial charge < -0.3 is 9.84 Å². The third-order valence-corrected chi connectivity index (χ3v) is 5.06. The van der Waals surface area contributed by atoms with Gasteiger partial charge >= 0.3 is 5.97 Å². The lowest BCUT2D eigenvalue weighted by atomic mass is 9.93. The number of aromatic carboxylic acids is 1. The van der Waals surface area contributed by atoms with Crippen LogP contribution in [0, 0.1) is 0 Å². The van der Waals surface area contributed by atoms with Crippen LogP contribution in [0.4, 0.5) is 0 Å². The molecule has 0 saturated heterocycles. The molecule has 0 radical (unpaired) electrons. The number of hydrogen-bond donors (Lipinski definition) is 1. The number of carbonyl (C=O) groups is 1.